The number of carbonyl (C=O) groups is 11. The van der Waals surface area contributed by atoms with Crippen LogP contribution in [0.3, 0.4) is 0 Å². The molecule has 766 valence electrons. The van der Waals surface area contributed by atoms with E-state index in [9.17, 15) is 52.7 Å². The maximum absolute atomic E-state index is 12.5. The Balaban J connectivity index is 0.000000244. The van der Waals surface area contributed by atoms with Gasteiger partial charge in [-0.05, 0) is 412 Å². The van der Waals surface area contributed by atoms with E-state index < -0.39 is 44.2 Å². The SMILES string of the molecule is CCC(C)(C)C(=O)OCC(=O)OC1(C)C2CC3CC(C2)CC1C3.CCC(C)(C)C(=O)OCC(=O)OC1(CC)C2CC3CC(C2)CC1C3.CCC(C)(C)C(=O)OCCC(=O)OC1(C)C2CC3CC(C2)CC1C3.CCC(C)(C)C(=O)OCCC(=O)OC1(CC)C2CC3CC(C2)CC1C3.CCC(C)(C)C(=O)OCOC.CCCOCOC(=O)C(C)(C)CC.CCOC(C)OC(=O)C(C)(C)CC. The molecule has 25 nitrogen and oxygen atoms in total. The van der Waals surface area contributed by atoms with Crippen molar-refractivity contribution in [2.45, 2.75) is 428 Å². The van der Waals surface area contributed by atoms with Crippen LogP contribution in [0.2, 0.25) is 0 Å². The highest BCUT2D eigenvalue weighted by Gasteiger charge is 2.62. The van der Waals surface area contributed by atoms with Crippen molar-refractivity contribution in [1.82, 2.24) is 0 Å². The second-order valence-electron chi connectivity index (χ2n) is 46.4. The van der Waals surface area contributed by atoms with Crippen LogP contribution in [0.1, 0.15) is 399 Å². The molecule has 0 radical (unpaired) electrons. The molecule has 0 amide bonds. The molecule has 25 heteroatoms. The van der Waals surface area contributed by atoms with Gasteiger partial charge in [0.15, 0.2) is 33.1 Å². The van der Waals surface area contributed by atoms with Gasteiger partial charge in [0, 0.05) is 13.7 Å². The van der Waals surface area contributed by atoms with Gasteiger partial charge in [0.1, 0.15) is 35.6 Å². The fraction of sp³-hybridized carbons (Fsp3) is 0.898. The number of methoxy groups -OCH3 is 1. The zero-order valence-corrected chi connectivity index (χ0v) is 88.3. The molecule has 0 heterocycles. The first-order valence-electron chi connectivity index (χ1n) is 51.9. The number of rotatable bonds is 39. The first-order valence-corrected chi connectivity index (χ1v) is 51.9. The standard InChI is InChI=1S/C21H34O4.2C20H32O4.C19H30O4.2C10H20O3.C8H16O3/c1-5-20(3,4)19(23)24-8-7-18(22)25-21(6-2)16-10-14-9-15(12-16)13-17(21)11-14;1-5-19(2,3)18(22)23-7-6-17(21)24-20(4)15-9-13-8-14(11-15)12-16(20)10-13;1-5-19(3,4)18(22)23-12-17(21)24-20(6-2)15-8-13-7-14(10-15)11-16(20)9-13;1-5-18(2,3)17(21)22-11-16(20)23-19(4)14-7-12-6-13(9-14)10-15(19)8-12;1-6-10(4,5)9(11)13-8(3)12-7-2;1-5-7-12-8-13-9(11)10(3,4)6-2;1-5-8(2,3)7(9)11-6-10-4/h14-17H,5-13H2,1-4H3;2*13-16H,5-12H2,1-4H3;12-15H,5-11H2,1-4H3;8H,6-7H2,1-5H3;5-8H2,1-4H3;5-6H2,1-4H3. The van der Waals surface area contributed by atoms with E-state index in [0.717, 1.165) is 98.7 Å². The van der Waals surface area contributed by atoms with E-state index in [4.69, 9.17) is 61.6 Å². The molecule has 16 rings (SSSR count). The van der Waals surface area contributed by atoms with E-state index in [-0.39, 0.29) is 141 Å². The molecule has 0 aliphatic heterocycles. The summed E-state index contributed by atoms with van der Waals surface area (Å²) in [5.41, 5.74) is -4.48. The lowest BCUT2D eigenvalue weighted by Gasteiger charge is -2.60. The highest BCUT2D eigenvalue weighted by atomic mass is 16.7. The van der Waals surface area contributed by atoms with E-state index in [0.29, 0.717) is 73.4 Å². The summed E-state index contributed by atoms with van der Waals surface area (Å²) in [7, 11) is 1.49. The van der Waals surface area contributed by atoms with Crippen LogP contribution in [-0.2, 0) is 119 Å². The molecule has 0 spiro atoms. The van der Waals surface area contributed by atoms with Gasteiger partial charge in [0.2, 0.25) is 0 Å². The van der Waals surface area contributed by atoms with Gasteiger partial charge >= 0.3 is 65.7 Å². The molecule has 16 fully saturated rings. The minimum absolute atomic E-state index is 0.0439. The number of hydrogen-bond donors (Lipinski definition) is 0. The third-order valence-corrected chi connectivity index (χ3v) is 34.3. The van der Waals surface area contributed by atoms with Crippen LogP contribution in [0.5, 0.6) is 0 Å². The van der Waals surface area contributed by atoms with Crippen molar-refractivity contribution in [1.29, 1.82) is 0 Å². The highest BCUT2D eigenvalue weighted by Crippen LogP contribution is 2.64. The summed E-state index contributed by atoms with van der Waals surface area (Å²) < 4.78 is 74.6. The van der Waals surface area contributed by atoms with Crippen molar-refractivity contribution in [2.24, 2.45) is 133 Å². The van der Waals surface area contributed by atoms with Crippen LogP contribution >= 0.6 is 0 Å². The normalized spacial score (nSPS) is 30.4. The van der Waals surface area contributed by atoms with Gasteiger partial charge in [-0.3, -0.25) is 43.2 Å². The second-order valence-corrected chi connectivity index (χ2v) is 46.4. The summed E-state index contributed by atoms with van der Waals surface area (Å²) >= 11 is 0. The van der Waals surface area contributed by atoms with Gasteiger partial charge < -0.3 is 66.3 Å². The molecular weight excluding hydrogens is 1700 g/mol. The van der Waals surface area contributed by atoms with Crippen LogP contribution < -0.4 is 0 Å². The predicted octanol–water partition coefficient (Wildman–Crippen LogP) is 22.7. The fourth-order valence-electron chi connectivity index (χ4n) is 23.1. The van der Waals surface area contributed by atoms with Crippen LogP contribution in [0.15, 0.2) is 0 Å². The molecule has 1 unspecified atom stereocenters. The monoisotopic (exact) mass is 1880 g/mol. The van der Waals surface area contributed by atoms with Gasteiger partial charge in [-0.25, -0.2) is 9.59 Å². The number of esters is 11. The Morgan fingerprint density at radius 2 is 0.534 bits per heavy atom. The van der Waals surface area contributed by atoms with Crippen molar-refractivity contribution in [3.05, 3.63) is 0 Å². The highest BCUT2D eigenvalue weighted by molar-refractivity contribution is 5.82. The average Bonchev–Trinajstić information content (AvgIpc) is 0.738. The summed E-state index contributed by atoms with van der Waals surface area (Å²) in [5.74, 6) is 8.04. The number of carbonyl (C=O) groups excluding carboxylic acids is 11. The average molecular weight is 1880 g/mol. The lowest BCUT2D eigenvalue weighted by Crippen LogP contribution is -2.59. The maximum Gasteiger partial charge on any atom is 0.344 e. The summed E-state index contributed by atoms with van der Waals surface area (Å²) in [4.78, 5) is 131. The summed E-state index contributed by atoms with van der Waals surface area (Å²) in [5, 5.41) is 0. The van der Waals surface area contributed by atoms with Crippen LogP contribution in [-0.4, -0.2) is 155 Å². The lowest BCUT2D eigenvalue weighted by atomic mass is 9.49. The Hall–Kier alpha value is -5.95. The van der Waals surface area contributed by atoms with E-state index in [1.807, 2.05) is 159 Å². The van der Waals surface area contributed by atoms with Crippen molar-refractivity contribution in [2.75, 3.05) is 60.3 Å². The minimum atomic E-state index is -0.550. The summed E-state index contributed by atoms with van der Waals surface area (Å²) in [6.45, 7) is 54.9. The molecule has 16 saturated carbocycles. The molecule has 0 aromatic heterocycles. The van der Waals surface area contributed by atoms with Crippen LogP contribution in [0, 0.1) is 133 Å². The third-order valence-electron chi connectivity index (χ3n) is 34.3. The van der Waals surface area contributed by atoms with E-state index in [1.165, 1.54) is 136 Å². The van der Waals surface area contributed by atoms with Crippen LogP contribution in [0.4, 0.5) is 0 Å². The molecule has 0 aromatic carbocycles. The quantitative estimate of drug-likeness (QED) is 0.0239. The van der Waals surface area contributed by atoms with Gasteiger partial charge in [-0.1, -0.05) is 69.2 Å². The Bertz CT molecular complexity index is 3630. The van der Waals surface area contributed by atoms with Crippen molar-refractivity contribution >= 4 is 65.7 Å². The maximum atomic E-state index is 12.5. The largest absolute Gasteiger partial charge is 0.465 e. The number of hydrogen-bond acceptors (Lipinski definition) is 25. The van der Waals surface area contributed by atoms with Crippen LogP contribution in [0.25, 0.3) is 0 Å². The van der Waals surface area contributed by atoms with E-state index in [2.05, 4.69) is 32.4 Å². The van der Waals surface area contributed by atoms with Gasteiger partial charge in [0.05, 0.1) is 57.4 Å². The fourth-order valence-corrected chi connectivity index (χ4v) is 23.1. The minimum Gasteiger partial charge on any atom is -0.465 e. The molecular formula is C108H184O25. The molecule has 1 atom stereocenters. The first kappa shape index (κ1) is 116. The third kappa shape index (κ3) is 31.0. The molecule has 133 heavy (non-hydrogen) atoms. The van der Waals surface area contributed by atoms with Crippen molar-refractivity contribution < 1.29 is 119 Å². The second kappa shape index (κ2) is 50.3. The summed E-state index contributed by atoms with van der Waals surface area (Å²) in [6.07, 6.45) is 32.7. The smallest absolute Gasteiger partial charge is 0.344 e. The molecule has 16 bridgehead atoms. The van der Waals surface area contributed by atoms with Crippen molar-refractivity contribution in [3.63, 3.8) is 0 Å². The van der Waals surface area contributed by atoms with Crippen molar-refractivity contribution in [3.8, 4) is 0 Å². The molecule has 16 aliphatic rings. The predicted molar refractivity (Wildman–Crippen MR) is 509 cm³/mol. The summed E-state index contributed by atoms with van der Waals surface area (Å²) in [6, 6.07) is 0. The molecule has 0 aromatic rings. The Kier molecular flexibility index (Phi) is 43.7. The van der Waals surface area contributed by atoms with E-state index >= 15 is 0 Å². The Labute approximate surface area is 801 Å². The number of ether oxygens (including phenoxy) is 14. The molecule has 16 aliphatic carbocycles. The Morgan fingerprint density at radius 1 is 0.293 bits per heavy atom. The Morgan fingerprint density at radius 3 is 0.805 bits per heavy atom. The van der Waals surface area contributed by atoms with Gasteiger partial charge in [0.25, 0.3) is 0 Å². The van der Waals surface area contributed by atoms with E-state index in [1.54, 1.807) is 6.92 Å². The topological polar surface area (TPSA) is 317 Å². The molecule has 0 saturated heterocycles. The first-order chi connectivity index (χ1) is 62.1. The van der Waals surface area contributed by atoms with Gasteiger partial charge in [-0.15, -0.1) is 0 Å². The molecule has 0 N–H and O–H groups in total. The lowest BCUT2D eigenvalue weighted by molar-refractivity contribution is -0.215. The zero-order valence-electron chi connectivity index (χ0n) is 88.3. The zero-order chi connectivity index (χ0) is 99.8. The van der Waals surface area contributed by atoms with Gasteiger partial charge in [-0.2, -0.15) is 0 Å².